The Hall–Kier alpha value is -1.67. The van der Waals surface area contributed by atoms with E-state index in [4.69, 9.17) is 4.52 Å². The van der Waals surface area contributed by atoms with Crippen LogP contribution >= 0.6 is 12.4 Å². The van der Waals surface area contributed by atoms with Crippen molar-refractivity contribution in [3.63, 3.8) is 0 Å². The maximum Gasteiger partial charge on any atom is 0.325 e. The topological polar surface area (TPSA) is 100 Å². The number of nitrogens with zero attached hydrogens (tertiary/aromatic N) is 3. The number of likely N-dealkylation sites (N-methyl/N-ethyl adjacent to an activating group) is 1. The molecule has 1 aliphatic heterocycles. The Morgan fingerprint density at radius 1 is 1.37 bits per heavy atom. The highest BCUT2D eigenvalue weighted by atomic mass is 35.5. The van der Waals surface area contributed by atoms with Gasteiger partial charge in [-0.25, -0.2) is 4.79 Å². The molecule has 1 aromatic heterocycles. The van der Waals surface area contributed by atoms with Crippen LogP contribution in [0.15, 0.2) is 4.52 Å². The summed E-state index contributed by atoms with van der Waals surface area (Å²) in [6, 6.07) is -0.158. The standard InChI is InChI=1S/C18H29N5O3.ClH/c1-11-7-17(3,4)10-18(8-11)15(24)23(16(25)21-18)9-14-20-13(22-26-14)6-12(2)19-5;/h11-12,19H,6-10H2,1-5H3,(H,21,25);1H. The van der Waals surface area contributed by atoms with Gasteiger partial charge in [-0.2, -0.15) is 4.98 Å². The minimum Gasteiger partial charge on any atom is -0.337 e. The van der Waals surface area contributed by atoms with Gasteiger partial charge >= 0.3 is 6.03 Å². The van der Waals surface area contributed by atoms with Gasteiger partial charge in [0.1, 0.15) is 12.1 Å². The molecular weight excluding hydrogens is 370 g/mol. The quantitative estimate of drug-likeness (QED) is 0.736. The van der Waals surface area contributed by atoms with Crippen molar-refractivity contribution < 1.29 is 14.1 Å². The molecule has 0 bridgehead atoms. The Bertz CT molecular complexity index is 707. The number of hydrogen-bond donors (Lipinski definition) is 2. The molecule has 2 N–H and O–H groups in total. The maximum atomic E-state index is 13.1. The number of nitrogens with one attached hydrogen (secondary N) is 2. The van der Waals surface area contributed by atoms with Crippen LogP contribution in [-0.2, 0) is 17.8 Å². The molecule has 1 spiro atoms. The first-order chi connectivity index (χ1) is 12.1. The fraction of sp³-hybridized carbons (Fsp3) is 0.778. The lowest BCUT2D eigenvalue weighted by atomic mass is 9.64. The third kappa shape index (κ3) is 4.43. The van der Waals surface area contributed by atoms with E-state index in [1.807, 2.05) is 14.0 Å². The lowest BCUT2D eigenvalue weighted by molar-refractivity contribution is -0.135. The van der Waals surface area contributed by atoms with Crippen molar-refractivity contribution in [1.82, 2.24) is 25.7 Å². The molecule has 1 saturated heterocycles. The van der Waals surface area contributed by atoms with Gasteiger partial charge in [-0.3, -0.25) is 9.69 Å². The summed E-state index contributed by atoms with van der Waals surface area (Å²) in [4.78, 5) is 31.1. The van der Waals surface area contributed by atoms with Crippen LogP contribution in [0.3, 0.4) is 0 Å². The highest BCUT2D eigenvalue weighted by Gasteiger charge is 2.56. The van der Waals surface area contributed by atoms with Crippen molar-refractivity contribution in [2.75, 3.05) is 7.05 Å². The van der Waals surface area contributed by atoms with Gasteiger partial charge in [0, 0.05) is 12.5 Å². The average Bonchev–Trinajstić information content (AvgIpc) is 3.04. The molecule has 1 saturated carbocycles. The van der Waals surface area contributed by atoms with Crippen LogP contribution in [-0.4, -0.2) is 45.6 Å². The van der Waals surface area contributed by atoms with Crippen molar-refractivity contribution in [2.24, 2.45) is 11.3 Å². The number of amides is 3. The Morgan fingerprint density at radius 2 is 2.07 bits per heavy atom. The molecule has 3 atom stereocenters. The van der Waals surface area contributed by atoms with Crippen LogP contribution in [0.4, 0.5) is 4.79 Å². The second-order valence-electron chi connectivity index (χ2n) is 8.76. The largest absolute Gasteiger partial charge is 0.337 e. The monoisotopic (exact) mass is 399 g/mol. The van der Waals surface area contributed by atoms with Crippen LogP contribution < -0.4 is 10.6 Å². The van der Waals surface area contributed by atoms with E-state index in [-0.39, 0.29) is 48.2 Å². The molecule has 1 aromatic rings. The molecule has 2 aliphatic rings. The van der Waals surface area contributed by atoms with Crippen molar-refractivity contribution in [1.29, 1.82) is 0 Å². The van der Waals surface area contributed by atoms with E-state index >= 15 is 0 Å². The fourth-order valence-corrected chi connectivity index (χ4v) is 4.60. The molecule has 8 nitrogen and oxygen atoms in total. The molecule has 2 heterocycles. The van der Waals surface area contributed by atoms with Crippen molar-refractivity contribution in [3.8, 4) is 0 Å². The zero-order valence-corrected chi connectivity index (χ0v) is 17.5. The number of carbonyl (C=O) groups is 2. The Kier molecular flexibility index (Phi) is 6.21. The third-order valence-electron chi connectivity index (χ3n) is 5.41. The lowest BCUT2D eigenvalue weighted by Crippen LogP contribution is -2.54. The van der Waals surface area contributed by atoms with Gasteiger partial charge in [0.2, 0.25) is 5.89 Å². The summed E-state index contributed by atoms with van der Waals surface area (Å²) in [6.45, 7) is 8.47. The fourth-order valence-electron chi connectivity index (χ4n) is 4.60. The molecule has 0 radical (unpaired) electrons. The molecule has 1 aliphatic carbocycles. The normalized spacial score (nSPS) is 28.2. The van der Waals surface area contributed by atoms with Crippen LogP contribution in [0.1, 0.15) is 58.7 Å². The number of halogens is 1. The number of imide groups is 1. The second-order valence-corrected chi connectivity index (χ2v) is 8.76. The van der Waals surface area contributed by atoms with Gasteiger partial charge in [0.15, 0.2) is 5.82 Å². The zero-order valence-electron chi connectivity index (χ0n) is 16.7. The lowest BCUT2D eigenvalue weighted by Gasteiger charge is -2.43. The van der Waals surface area contributed by atoms with Gasteiger partial charge < -0.3 is 15.2 Å². The summed E-state index contributed by atoms with van der Waals surface area (Å²) in [5.74, 6) is 1.05. The van der Waals surface area contributed by atoms with E-state index in [2.05, 4.69) is 41.5 Å². The van der Waals surface area contributed by atoms with E-state index < -0.39 is 5.54 Å². The van der Waals surface area contributed by atoms with Gasteiger partial charge in [-0.05, 0) is 44.6 Å². The van der Waals surface area contributed by atoms with Gasteiger partial charge in [-0.1, -0.05) is 25.9 Å². The molecule has 3 rings (SSSR count). The minimum atomic E-state index is -0.804. The summed E-state index contributed by atoms with van der Waals surface area (Å²) in [6.07, 6.45) is 3.00. The molecule has 3 unspecified atom stereocenters. The minimum absolute atomic E-state index is 0. The van der Waals surface area contributed by atoms with Gasteiger partial charge in [0.25, 0.3) is 5.91 Å². The van der Waals surface area contributed by atoms with Crippen molar-refractivity contribution >= 4 is 24.3 Å². The van der Waals surface area contributed by atoms with Gasteiger partial charge in [-0.15, -0.1) is 12.4 Å². The van der Waals surface area contributed by atoms with E-state index in [0.717, 1.165) is 6.42 Å². The summed E-state index contributed by atoms with van der Waals surface area (Å²) in [5, 5.41) is 10.0. The zero-order chi connectivity index (χ0) is 19.1. The Labute approximate surface area is 166 Å². The van der Waals surface area contributed by atoms with E-state index in [9.17, 15) is 9.59 Å². The molecule has 152 valence electrons. The average molecular weight is 400 g/mol. The third-order valence-corrected chi connectivity index (χ3v) is 5.41. The van der Waals surface area contributed by atoms with Crippen LogP contribution in [0.25, 0.3) is 0 Å². The number of urea groups is 1. The summed E-state index contributed by atoms with van der Waals surface area (Å²) < 4.78 is 5.24. The van der Waals surface area contributed by atoms with E-state index in [0.29, 0.717) is 31.0 Å². The first kappa shape index (κ1) is 21.6. The molecule has 2 fully saturated rings. The smallest absolute Gasteiger partial charge is 0.325 e. The first-order valence-corrected chi connectivity index (χ1v) is 9.27. The Morgan fingerprint density at radius 3 is 2.70 bits per heavy atom. The van der Waals surface area contributed by atoms with E-state index in [1.165, 1.54) is 4.90 Å². The first-order valence-electron chi connectivity index (χ1n) is 9.27. The highest BCUT2D eigenvalue weighted by Crippen LogP contribution is 2.46. The van der Waals surface area contributed by atoms with E-state index in [1.54, 1.807) is 0 Å². The Balaban J connectivity index is 0.00000261. The summed E-state index contributed by atoms with van der Waals surface area (Å²) >= 11 is 0. The van der Waals surface area contributed by atoms with Crippen molar-refractivity contribution in [3.05, 3.63) is 11.7 Å². The van der Waals surface area contributed by atoms with Crippen molar-refractivity contribution in [2.45, 2.75) is 71.5 Å². The predicted octanol–water partition coefficient (Wildman–Crippen LogP) is 2.28. The second kappa shape index (κ2) is 7.75. The molecule has 0 aromatic carbocycles. The predicted molar refractivity (Wildman–Crippen MR) is 102 cm³/mol. The molecule has 9 heteroatoms. The highest BCUT2D eigenvalue weighted by molar-refractivity contribution is 6.07. The number of carbonyl (C=O) groups excluding carboxylic acids is 2. The molecular formula is C18H30ClN5O3. The number of aromatic nitrogens is 2. The van der Waals surface area contributed by atoms with Crippen LogP contribution in [0.5, 0.6) is 0 Å². The summed E-state index contributed by atoms with van der Waals surface area (Å²) in [7, 11) is 1.87. The maximum absolute atomic E-state index is 13.1. The number of rotatable bonds is 5. The van der Waals surface area contributed by atoms with Crippen LogP contribution in [0, 0.1) is 11.3 Å². The molecule has 3 amide bonds. The summed E-state index contributed by atoms with van der Waals surface area (Å²) in [5.41, 5.74) is -0.792. The molecule has 27 heavy (non-hydrogen) atoms. The van der Waals surface area contributed by atoms with Gasteiger partial charge in [0.05, 0.1) is 0 Å². The SMILES string of the molecule is CNC(C)Cc1noc(CN2C(=O)NC3(CC(C)CC(C)(C)C3)C2=O)n1.Cl. The van der Waals surface area contributed by atoms with Crippen LogP contribution in [0.2, 0.25) is 0 Å². The number of hydrogen-bond acceptors (Lipinski definition) is 6.